The third-order valence-electron chi connectivity index (χ3n) is 4.30. The van der Waals surface area contributed by atoms with Crippen molar-refractivity contribution < 1.29 is 0 Å². The van der Waals surface area contributed by atoms with E-state index in [0.717, 1.165) is 32.6 Å². The zero-order valence-corrected chi connectivity index (χ0v) is 11.9. The number of likely N-dealkylation sites (N-methyl/N-ethyl adjacent to an activating group) is 1. The van der Waals surface area contributed by atoms with Crippen LogP contribution in [-0.4, -0.2) is 60.6 Å². The average molecular weight is 250 g/mol. The highest BCUT2D eigenvalue weighted by atomic mass is 15.3. The smallest absolute Gasteiger partial charge is 0.0967 e. The average Bonchev–Trinajstić information content (AvgIpc) is 3.12. The Morgan fingerprint density at radius 3 is 2.67 bits per heavy atom. The molecule has 1 saturated carbocycles. The molecule has 1 aliphatic heterocycles. The fourth-order valence-corrected chi connectivity index (χ4v) is 2.56. The van der Waals surface area contributed by atoms with E-state index < -0.39 is 0 Å². The van der Waals surface area contributed by atoms with E-state index in [4.69, 9.17) is 5.26 Å². The summed E-state index contributed by atoms with van der Waals surface area (Å²) >= 11 is 0. The van der Waals surface area contributed by atoms with Crippen molar-refractivity contribution in [2.24, 2.45) is 0 Å². The molecule has 0 aromatic rings. The van der Waals surface area contributed by atoms with Gasteiger partial charge in [-0.1, -0.05) is 0 Å². The number of nitriles is 1. The third kappa shape index (κ3) is 3.68. The molecular weight excluding hydrogens is 224 g/mol. The number of piperazine rings is 1. The topological polar surface area (TPSA) is 42.3 Å². The fourth-order valence-electron chi connectivity index (χ4n) is 2.56. The van der Waals surface area contributed by atoms with E-state index in [2.05, 4.69) is 42.1 Å². The van der Waals surface area contributed by atoms with Crippen LogP contribution in [0, 0.1) is 11.3 Å². The summed E-state index contributed by atoms with van der Waals surface area (Å²) in [5.41, 5.74) is 0.254. The highest BCUT2D eigenvalue weighted by Crippen LogP contribution is 2.21. The molecule has 1 saturated heterocycles. The van der Waals surface area contributed by atoms with Crippen molar-refractivity contribution in [3.63, 3.8) is 0 Å². The molecule has 4 heteroatoms. The summed E-state index contributed by atoms with van der Waals surface area (Å²) in [6.07, 6.45) is 3.45. The minimum Gasteiger partial charge on any atom is -0.300 e. The van der Waals surface area contributed by atoms with Gasteiger partial charge in [-0.3, -0.25) is 10.2 Å². The lowest BCUT2D eigenvalue weighted by atomic mass is 9.99. The monoisotopic (exact) mass is 250 g/mol. The first-order valence-electron chi connectivity index (χ1n) is 7.10. The first-order chi connectivity index (χ1) is 8.51. The van der Waals surface area contributed by atoms with Crippen LogP contribution in [0.4, 0.5) is 0 Å². The zero-order chi connectivity index (χ0) is 13.2. The Labute approximate surface area is 111 Å². The molecule has 2 rings (SSSR count). The molecule has 0 aromatic carbocycles. The molecule has 0 spiro atoms. The van der Waals surface area contributed by atoms with Crippen molar-refractivity contribution in [1.29, 1.82) is 5.26 Å². The summed E-state index contributed by atoms with van der Waals surface area (Å²) in [5, 5.41) is 12.5. The summed E-state index contributed by atoms with van der Waals surface area (Å²) in [6.45, 7) is 8.98. The summed E-state index contributed by atoms with van der Waals surface area (Å²) in [6, 6.07) is 3.06. The predicted molar refractivity (Wildman–Crippen MR) is 73.3 cm³/mol. The molecule has 102 valence electrons. The second kappa shape index (κ2) is 5.56. The van der Waals surface area contributed by atoms with Crippen LogP contribution in [-0.2, 0) is 0 Å². The minimum absolute atomic E-state index is 0.0419. The molecule has 1 aliphatic carbocycles. The van der Waals surface area contributed by atoms with E-state index in [0.29, 0.717) is 6.04 Å². The molecule has 1 heterocycles. The van der Waals surface area contributed by atoms with Crippen molar-refractivity contribution in [3.05, 3.63) is 0 Å². The molecule has 0 bridgehead atoms. The lowest BCUT2D eigenvalue weighted by Gasteiger charge is -2.45. The van der Waals surface area contributed by atoms with E-state index in [9.17, 15) is 0 Å². The summed E-state index contributed by atoms with van der Waals surface area (Å²) < 4.78 is 0. The largest absolute Gasteiger partial charge is 0.300 e. The van der Waals surface area contributed by atoms with Crippen LogP contribution in [0.2, 0.25) is 0 Å². The number of rotatable bonds is 5. The maximum absolute atomic E-state index is 9.14. The SMILES string of the molecule is CN1CCN(CCC(C#N)NC2CC2)CC1(C)C. The molecule has 2 fully saturated rings. The molecule has 1 atom stereocenters. The Hall–Kier alpha value is -0.630. The van der Waals surface area contributed by atoms with Gasteiger partial charge in [0.15, 0.2) is 0 Å². The van der Waals surface area contributed by atoms with Crippen LogP contribution in [0.5, 0.6) is 0 Å². The van der Waals surface area contributed by atoms with Crippen molar-refractivity contribution >= 4 is 0 Å². The van der Waals surface area contributed by atoms with Crippen LogP contribution < -0.4 is 5.32 Å². The molecule has 1 N–H and O–H groups in total. The van der Waals surface area contributed by atoms with E-state index in [1.54, 1.807) is 0 Å². The predicted octanol–water partition coefficient (Wildman–Crippen LogP) is 1.05. The quantitative estimate of drug-likeness (QED) is 0.792. The van der Waals surface area contributed by atoms with Gasteiger partial charge in [0.2, 0.25) is 0 Å². The highest BCUT2D eigenvalue weighted by molar-refractivity contribution is 4.97. The van der Waals surface area contributed by atoms with Gasteiger partial charge in [-0.05, 0) is 40.2 Å². The first kappa shape index (κ1) is 13.8. The van der Waals surface area contributed by atoms with Crippen LogP contribution in [0.3, 0.4) is 0 Å². The molecule has 2 aliphatic rings. The van der Waals surface area contributed by atoms with Gasteiger partial charge in [-0.2, -0.15) is 5.26 Å². The standard InChI is InChI=1S/C14H26N4/c1-14(2)11-18(9-8-17(14)3)7-6-13(10-15)16-12-4-5-12/h12-13,16H,4-9,11H2,1-3H3. The van der Waals surface area contributed by atoms with Crippen LogP contribution in [0.15, 0.2) is 0 Å². The fraction of sp³-hybridized carbons (Fsp3) is 0.929. The zero-order valence-electron chi connectivity index (χ0n) is 11.9. The molecule has 0 aromatic heterocycles. The van der Waals surface area contributed by atoms with Gasteiger partial charge in [0, 0.05) is 37.8 Å². The first-order valence-corrected chi connectivity index (χ1v) is 7.10. The maximum Gasteiger partial charge on any atom is 0.0967 e. The van der Waals surface area contributed by atoms with Crippen molar-refractivity contribution in [3.8, 4) is 6.07 Å². The number of nitrogens with zero attached hydrogens (tertiary/aromatic N) is 3. The number of hydrogen-bond donors (Lipinski definition) is 1. The second-order valence-electron chi connectivity index (χ2n) is 6.42. The molecule has 0 radical (unpaired) electrons. The molecule has 1 unspecified atom stereocenters. The molecular formula is C14H26N4. The normalized spacial score (nSPS) is 26.8. The summed E-state index contributed by atoms with van der Waals surface area (Å²) in [7, 11) is 2.20. The van der Waals surface area contributed by atoms with Gasteiger partial charge in [0.05, 0.1) is 12.1 Å². The lowest BCUT2D eigenvalue weighted by molar-refractivity contribution is 0.0389. The van der Waals surface area contributed by atoms with Crippen LogP contribution in [0.25, 0.3) is 0 Å². The van der Waals surface area contributed by atoms with Gasteiger partial charge in [-0.25, -0.2) is 0 Å². The van der Waals surface area contributed by atoms with Gasteiger partial charge in [0.1, 0.15) is 0 Å². The Balaban J connectivity index is 1.74. The molecule has 0 amide bonds. The Kier molecular flexibility index (Phi) is 4.26. The van der Waals surface area contributed by atoms with Crippen LogP contribution in [0.1, 0.15) is 33.1 Å². The molecule has 4 nitrogen and oxygen atoms in total. The minimum atomic E-state index is 0.0419. The molecule has 18 heavy (non-hydrogen) atoms. The Morgan fingerprint density at radius 1 is 1.39 bits per heavy atom. The van der Waals surface area contributed by atoms with Crippen molar-refractivity contribution in [2.75, 3.05) is 33.2 Å². The van der Waals surface area contributed by atoms with Crippen molar-refractivity contribution in [2.45, 2.75) is 50.7 Å². The second-order valence-corrected chi connectivity index (χ2v) is 6.42. The number of nitrogens with one attached hydrogen (secondary N) is 1. The lowest BCUT2D eigenvalue weighted by Crippen LogP contribution is -2.57. The third-order valence-corrected chi connectivity index (χ3v) is 4.30. The van der Waals surface area contributed by atoms with Gasteiger partial charge in [0.25, 0.3) is 0 Å². The maximum atomic E-state index is 9.14. The van der Waals surface area contributed by atoms with E-state index in [-0.39, 0.29) is 11.6 Å². The van der Waals surface area contributed by atoms with E-state index in [1.807, 2.05) is 0 Å². The van der Waals surface area contributed by atoms with Gasteiger partial charge >= 0.3 is 0 Å². The van der Waals surface area contributed by atoms with Gasteiger partial charge < -0.3 is 4.90 Å². The summed E-state index contributed by atoms with van der Waals surface area (Å²) in [4.78, 5) is 4.92. The van der Waals surface area contributed by atoms with Crippen molar-refractivity contribution in [1.82, 2.24) is 15.1 Å². The Morgan fingerprint density at radius 2 is 2.11 bits per heavy atom. The number of hydrogen-bond acceptors (Lipinski definition) is 4. The van der Waals surface area contributed by atoms with Gasteiger partial charge in [-0.15, -0.1) is 0 Å². The van der Waals surface area contributed by atoms with Crippen LogP contribution >= 0.6 is 0 Å². The summed E-state index contributed by atoms with van der Waals surface area (Å²) in [5.74, 6) is 0. The van der Waals surface area contributed by atoms with E-state index >= 15 is 0 Å². The Bertz CT molecular complexity index is 316. The highest BCUT2D eigenvalue weighted by Gasteiger charge is 2.31. The van der Waals surface area contributed by atoms with E-state index in [1.165, 1.54) is 12.8 Å².